The van der Waals surface area contributed by atoms with Crippen LogP contribution in [0.25, 0.3) is 0 Å². The molecule has 108 valence electrons. The van der Waals surface area contributed by atoms with Crippen LogP contribution in [0, 0.1) is 0 Å². The number of ketones is 1. The van der Waals surface area contributed by atoms with E-state index in [4.69, 9.17) is 4.74 Å². The van der Waals surface area contributed by atoms with E-state index in [1.807, 2.05) is 25.3 Å². The number of hydrogen-bond acceptors (Lipinski definition) is 3. The number of hydrogen-bond donors (Lipinski definition) is 0. The molecule has 1 aromatic carbocycles. The summed E-state index contributed by atoms with van der Waals surface area (Å²) in [4.78, 5) is 14.7. The van der Waals surface area contributed by atoms with Crippen LogP contribution in [0.4, 0.5) is 5.69 Å². The van der Waals surface area contributed by atoms with E-state index in [1.54, 1.807) is 0 Å². The standard InChI is InChI=1S/C17H23NO2/c1-20-14-7-4-6-13(12-14)18-11-5-10-17(19)15-8-2-3-9-16(15)18/h2-3,8-9,13-14H,4-7,10-12H2,1H3. The van der Waals surface area contributed by atoms with Crippen LogP contribution in [0.3, 0.4) is 0 Å². The molecule has 1 aliphatic heterocycles. The van der Waals surface area contributed by atoms with Crippen LogP contribution in [-0.4, -0.2) is 31.6 Å². The van der Waals surface area contributed by atoms with Crippen molar-refractivity contribution in [3.05, 3.63) is 29.8 Å². The molecule has 2 unspecified atom stereocenters. The minimum absolute atomic E-state index is 0.294. The van der Waals surface area contributed by atoms with Crippen molar-refractivity contribution in [1.82, 2.24) is 0 Å². The third-order valence-corrected chi connectivity index (χ3v) is 4.69. The number of nitrogens with zero attached hydrogens (tertiary/aromatic N) is 1. The van der Waals surface area contributed by atoms with Gasteiger partial charge >= 0.3 is 0 Å². The first-order valence-corrected chi connectivity index (χ1v) is 7.71. The summed E-state index contributed by atoms with van der Waals surface area (Å²) in [6.45, 7) is 0.990. The van der Waals surface area contributed by atoms with Gasteiger partial charge in [-0.15, -0.1) is 0 Å². The quantitative estimate of drug-likeness (QED) is 0.827. The van der Waals surface area contributed by atoms with Crippen LogP contribution in [0.1, 0.15) is 48.9 Å². The topological polar surface area (TPSA) is 29.5 Å². The maximum Gasteiger partial charge on any atom is 0.165 e. The normalized spacial score (nSPS) is 27.1. The predicted octanol–water partition coefficient (Wildman–Crippen LogP) is 3.43. The van der Waals surface area contributed by atoms with Crippen molar-refractivity contribution in [2.75, 3.05) is 18.6 Å². The van der Waals surface area contributed by atoms with E-state index in [9.17, 15) is 4.79 Å². The summed E-state index contributed by atoms with van der Waals surface area (Å²) in [5, 5.41) is 0. The molecule has 2 aliphatic rings. The van der Waals surface area contributed by atoms with Gasteiger partial charge in [0.05, 0.1) is 6.10 Å². The Kier molecular flexibility index (Phi) is 4.06. The van der Waals surface area contributed by atoms with E-state index in [2.05, 4.69) is 11.0 Å². The maximum atomic E-state index is 12.2. The number of carbonyl (C=O) groups is 1. The number of Topliss-reactive ketones (excluding diaryl/α,β-unsaturated/α-hetero) is 1. The lowest BCUT2D eigenvalue weighted by molar-refractivity contribution is 0.0631. The summed E-state index contributed by atoms with van der Waals surface area (Å²) < 4.78 is 5.56. The molecule has 0 aromatic heterocycles. The lowest BCUT2D eigenvalue weighted by atomic mass is 9.91. The lowest BCUT2D eigenvalue weighted by Gasteiger charge is -2.38. The van der Waals surface area contributed by atoms with Crippen LogP contribution in [0.2, 0.25) is 0 Å². The van der Waals surface area contributed by atoms with Crippen LogP contribution in [-0.2, 0) is 4.74 Å². The highest BCUT2D eigenvalue weighted by atomic mass is 16.5. The number of fused-ring (bicyclic) bond motifs is 1. The van der Waals surface area contributed by atoms with Crippen molar-refractivity contribution < 1.29 is 9.53 Å². The summed E-state index contributed by atoms with van der Waals surface area (Å²) in [6.07, 6.45) is 6.69. The molecule has 1 heterocycles. The number of rotatable bonds is 2. The molecule has 0 N–H and O–H groups in total. The fourth-order valence-electron chi connectivity index (χ4n) is 3.62. The van der Waals surface area contributed by atoms with E-state index < -0.39 is 0 Å². The number of benzene rings is 1. The molecule has 3 nitrogen and oxygen atoms in total. The zero-order chi connectivity index (χ0) is 13.9. The van der Waals surface area contributed by atoms with E-state index in [-0.39, 0.29) is 0 Å². The molecule has 20 heavy (non-hydrogen) atoms. The van der Waals surface area contributed by atoms with Crippen molar-refractivity contribution >= 4 is 11.5 Å². The van der Waals surface area contributed by atoms with E-state index in [0.29, 0.717) is 24.3 Å². The summed E-state index contributed by atoms with van der Waals surface area (Å²) in [6, 6.07) is 8.61. The van der Waals surface area contributed by atoms with Gasteiger partial charge in [-0.25, -0.2) is 0 Å². The first-order chi connectivity index (χ1) is 9.79. The molecular formula is C17H23NO2. The van der Waals surface area contributed by atoms with Crippen molar-refractivity contribution in [2.24, 2.45) is 0 Å². The molecule has 3 rings (SSSR count). The fourth-order valence-corrected chi connectivity index (χ4v) is 3.62. The van der Waals surface area contributed by atoms with Crippen molar-refractivity contribution in [1.29, 1.82) is 0 Å². The van der Waals surface area contributed by atoms with Gasteiger partial charge in [0.1, 0.15) is 0 Å². The monoisotopic (exact) mass is 273 g/mol. The van der Waals surface area contributed by atoms with E-state index in [0.717, 1.165) is 30.6 Å². The molecule has 3 heteroatoms. The van der Waals surface area contributed by atoms with Gasteiger partial charge in [-0.1, -0.05) is 12.1 Å². The number of para-hydroxylation sites is 1. The zero-order valence-electron chi connectivity index (χ0n) is 12.2. The van der Waals surface area contributed by atoms with Gasteiger partial charge in [0.2, 0.25) is 0 Å². The zero-order valence-corrected chi connectivity index (χ0v) is 12.2. The van der Waals surface area contributed by atoms with Crippen molar-refractivity contribution in [3.63, 3.8) is 0 Å². The molecular weight excluding hydrogens is 250 g/mol. The van der Waals surface area contributed by atoms with Gasteiger partial charge in [0, 0.05) is 37.4 Å². The van der Waals surface area contributed by atoms with Gasteiger partial charge in [-0.2, -0.15) is 0 Å². The second kappa shape index (κ2) is 5.96. The molecule has 0 saturated heterocycles. The number of methoxy groups -OCH3 is 1. The second-order valence-electron chi connectivity index (χ2n) is 5.92. The Hall–Kier alpha value is -1.35. The summed E-state index contributed by atoms with van der Waals surface area (Å²) in [5.74, 6) is 0.294. The first kappa shape index (κ1) is 13.6. The third kappa shape index (κ3) is 2.59. The number of carbonyl (C=O) groups excluding carboxylic acids is 1. The third-order valence-electron chi connectivity index (χ3n) is 4.69. The summed E-state index contributed by atoms with van der Waals surface area (Å²) >= 11 is 0. The molecule has 1 aliphatic carbocycles. The highest BCUT2D eigenvalue weighted by Gasteiger charge is 2.30. The van der Waals surface area contributed by atoms with Crippen LogP contribution in [0.15, 0.2) is 24.3 Å². The van der Waals surface area contributed by atoms with E-state index >= 15 is 0 Å². The largest absolute Gasteiger partial charge is 0.381 e. The Morgan fingerprint density at radius 1 is 1.20 bits per heavy atom. The van der Waals surface area contributed by atoms with Gasteiger partial charge in [0.25, 0.3) is 0 Å². The average Bonchev–Trinajstić information content (AvgIpc) is 2.67. The summed E-state index contributed by atoms with van der Waals surface area (Å²) in [5.41, 5.74) is 2.04. The van der Waals surface area contributed by atoms with Crippen molar-refractivity contribution in [2.45, 2.75) is 50.7 Å². The van der Waals surface area contributed by atoms with Crippen LogP contribution >= 0.6 is 0 Å². The van der Waals surface area contributed by atoms with Gasteiger partial charge in [-0.05, 0) is 44.2 Å². The second-order valence-corrected chi connectivity index (χ2v) is 5.92. The highest BCUT2D eigenvalue weighted by Crippen LogP contribution is 2.33. The van der Waals surface area contributed by atoms with Crippen LogP contribution < -0.4 is 4.90 Å². The molecule has 1 fully saturated rings. The van der Waals surface area contributed by atoms with Gasteiger partial charge in [0.15, 0.2) is 5.78 Å². The molecule has 2 atom stereocenters. The first-order valence-electron chi connectivity index (χ1n) is 7.71. The van der Waals surface area contributed by atoms with Gasteiger partial charge < -0.3 is 9.64 Å². The Bertz CT molecular complexity index is 486. The number of ether oxygens (including phenoxy) is 1. The maximum absolute atomic E-state index is 12.2. The van der Waals surface area contributed by atoms with Gasteiger partial charge in [-0.3, -0.25) is 4.79 Å². The number of anilines is 1. The molecule has 1 aromatic rings. The minimum Gasteiger partial charge on any atom is -0.381 e. The molecule has 0 spiro atoms. The fraction of sp³-hybridized carbons (Fsp3) is 0.588. The van der Waals surface area contributed by atoms with E-state index in [1.165, 1.54) is 19.3 Å². The van der Waals surface area contributed by atoms with Crippen molar-refractivity contribution in [3.8, 4) is 0 Å². The minimum atomic E-state index is 0.294. The Balaban J connectivity index is 1.89. The SMILES string of the molecule is COC1CCCC(N2CCCC(=O)c3ccccc32)C1. The Labute approximate surface area is 120 Å². The average molecular weight is 273 g/mol. The van der Waals surface area contributed by atoms with Crippen LogP contribution in [0.5, 0.6) is 0 Å². The molecule has 0 bridgehead atoms. The smallest absolute Gasteiger partial charge is 0.165 e. The molecule has 1 saturated carbocycles. The lowest BCUT2D eigenvalue weighted by Crippen LogP contribution is -2.41. The Morgan fingerprint density at radius 3 is 2.90 bits per heavy atom. The highest BCUT2D eigenvalue weighted by molar-refractivity contribution is 6.02. The predicted molar refractivity (Wildman–Crippen MR) is 80.4 cm³/mol. The molecule has 0 radical (unpaired) electrons. The Morgan fingerprint density at radius 2 is 2.05 bits per heavy atom. The summed E-state index contributed by atoms with van der Waals surface area (Å²) in [7, 11) is 1.81. The molecule has 0 amide bonds.